The summed E-state index contributed by atoms with van der Waals surface area (Å²) in [6, 6.07) is 0. The molecule has 0 atom stereocenters. The van der Waals surface area contributed by atoms with Gasteiger partial charge in [-0.1, -0.05) is 0 Å². The van der Waals surface area contributed by atoms with Crippen molar-refractivity contribution in [3.8, 4) is 0 Å². The fourth-order valence-corrected chi connectivity index (χ4v) is 1.56. The van der Waals surface area contributed by atoms with Gasteiger partial charge in [0.1, 0.15) is 19.6 Å². The number of primary amides is 3. The minimum Gasteiger partial charge on any atom is -0.368 e. The summed E-state index contributed by atoms with van der Waals surface area (Å²) in [5.74, 6) is -3.11. The Morgan fingerprint density at radius 3 is 0.952 bits per heavy atom. The second-order valence-electron chi connectivity index (χ2n) is 4.01. The zero-order chi connectivity index (χ0) is 16.3. The van der Waals surface area contributed by atoms with Gasteiger partial charge in [-0.2, -0.15) is 0 Å². The second kappa shape index (κ2) is 5.85. The number of carbonyl (C=O) groups is 3. The van der Waals surface area contributed by atoms with Crippen LogP contribution in [-0.2, 0) is 34.0 Å². The molecule has 0 aliphatic carbocycles. The van der Waals surface area contributed by atoms with Gasteiger partial charge in [-0.15, -0.1) is 0 Å². The fourth-order valence-electron chi connectivity index (χ4n) is 1.56. The largest absolute Gasteiger partial charge is 0.368 e. The molecule has 1 aromatic rings. The van der Waals surface area contributed by atoms with Crippen molar-refractivity contribution in [3.63, 3.8) is 0 Å². The van der Waals surface area contributed by atoms with Crippen LogP contribution in [0, 0.1) is 0 Å². The number of nitrogens with zero attached hydrogens (tertiary/aromatic N) is 3. The first-order chi connectivity index (χ1) is 9.65. The van der Waals surface area contributed by atoms with Gasteiger partial charge in [0.25, 0.3) is 0 Å². The van der Waals surface area contributed by atoms with E-state index in [1.807, 2.05) is 0 Å². The molecule has 0 fully saturated rings. The van der Waals surface area contributed by atoms with E-state index in [1.165, 1.54) is 0 Å². The quantitative estimate of drug-likeness (QED) is 0.468. The summed E-state index contributed by atoms with van der Waals surface area (Å²) in [6.07, 6.45) is 0. The van der Waals surface area contributed by atoms with Crippen LogP contribution in [0.4, 0.5) is 0 Å². The zero-order valence-electron chi connectivity index (χ0n) is 10.6. The van der Waals surface area contributed by atoms with Gasteiger partial charge in [-0.3, -0.25) is 14.4 Å². The van der Waals surface area contributed by atoms with Gasteiger partial charge < -0.3 is 17.2 Å². The van der Waals surface area contributed by atoms with E-state index >= 15 is 0 Å². The molecule has 0 unspecified atom stereocenters. The minimum atomic E-state index is -1.25. The van der Waals surface area contributed by atoms with Gasteiger partial charge in [-0.25, -0.2) is 28.1 Å². The maximum absolute atomic E-state index is 11.9. The summed E-state index contributed by atoms with van der Waals surface area (Å²) in [6.45, 7) is -2.51. The zero-order valence-corrected chi connectivity index (χ0v) is 10.6. The molecule has 1 heterocycles. The summed E-state index contributed by atoms with van der Waals surface area (Å²) in [4.78, 5) is 68.3. The van der Waals surface area contributed by atoms with Crippen LogP contribution in [-0.4, -0.2) is 31.4 Å². The van der Waals surface area contributed by atoms with E-state index < -0.39 is 54.4 Å². The van der Waals surface area contributed by atoms with E-state index in [1.54, 1.807) is 0 Å². The molecule has 0 saturated heterocycles. The lowest BCUT2D eigenvalue weighted by atomic mass is 10.5. The predicted octanol–water partition coefficient (Wildman–Crippen LogP) is -5.37. The molecule has 114 valence electrons. The lowest BCUT2D eigenvalue weighted by molar-refractivity contribution is -0.119. The molecule has 21 heavy (non-hydrogen) atoms. The molecule has 1 aromatic heterocycles. The number of amides is 3. The molecule has 0 aliphatic rings. The van der Waals surface area contributed by atoms with Crippen LogP contribution in [0.3, 0.4) is 0 Å². The molecule has 0 bridgehead atoms. The van der Waals surface area contributed by atoms with Crippen LogP contribution >= 0.6 is 0 Å². The summed E-state index contributed by atoms with van der Waals surface area (Å²) in [7, 11) is 0. The minimum absolute atomic E-state index is 0.301. The van der Waals surface area contributed by atoms with Crippen molar-refractivity contribution in [1.29, 1.82) is 0 Å². The third kappa shape index (κ3) is 3.43. The van der Waals surface area contributed by atoms with Gasteiger partial charge in [0.05, 0.1) is 0 Å². The lowest BCUT2D eigenvalue weighted by Crippen LogP contribution is -2.57. The Kier molecular flexibility index (Phi) is 4.42. The predicted molar refractivity (Wildman–Crippen MR) is 66.8 cm³/mol. The van der Waals surface area contributed by atoms with E-state index in [2.05, 4.69) is 0 Å². The first-order valence-electron chi connectivity index (χ1n) is 5.44. The first kappa shape index (κ1) is 15.9. The number of carbonyl (C=O) groups excluding carboxylic acids is 3. The van der Waals surface area contributed by atoms with Gasteiger partial charge in [-0.05, 0) is 0 Å². The molecule has 1 rings (SSSR count). The molecule has 0 aliphatic heterocycles. The number of aromatic nitrogens is 3. The average molecular weight is 300 g/mol. The molecule has 0 radical (unpaired) electrons. The average Bonchev–Trinajstić information content (AvgIpc) is 2.35. The molecular weight excluding hydrogens is 288 g/mol. The van der Waals surface area contributed by atoms with Crippen molar-refractivity contribution in [3.05, 3.63) is 31.5 Å². The molecule has 0 aromatic carbocycles. The molecule has 0 saturated carbocycles. The molecule has 3 amide bonds. The summed E-state index contributed by atoms with van der Waals surface area (Å²) >= 11 is 0. The van der Waals surface area contributed by atoms with E-state index in [-0.39, 0.29) is 0 Å². The topological polar surface area (TPSA) is 195 Å². The first-order valence-corrected chi connectivity index (χ1v) is 5.44. The molecule has 12 heteroatoms. The van der Waals surface area contributed by atoms with Crippen molar-refractivity contribution in [1.82, 2.24) is 13.7 Å². The SMILES string of the molecule is NC(=O)Cn1c(=O)n(CC(N)=O)c(=O)n(CC(N)=O)c1=O. The Hall–Kier alpha value is -3.18. The lowest BCUT2D eigenvalue weighted by Gasteiger charge is -2.11. The highest BCUT2D eigenvalue weighted by Crippen LogP contribution is 1.77. The Morgan fingerprint density at radius 2 is 0.810 bits per heavy atom. The summed E-state index contributed by atoms with van der Waals surface area (Å²) in [5.41, 5.74) is 10.9. The van der Waals surface area contributed by atoms with Crippen molar-refractivity contribution >= 4 is 17.7 Å². The van der Waals surface area contributed by atoms with Crippen molar-refractivity contribution < 1.29 is 14.4 Å². The normalized spacial score (nSPS) is 10.3. The van der Waals surface area contributed by atoms with Gasteiger partial charge in [0.15, 0.2) is 0 Å². The van der Waals surface area contributed by atoms with E-state index in [0.29, 0.717) is 13.7 Å². The highest BCUT2D eigenvalue weighted by atomic mass is 16.2. The molecular formula is C9H12N6O6. The molecule has 0 spiro atoms. The molecule has 6 N–H and O–H groups in total. The van der Waals surface area contributed by atoms with Crippen LogP contribution in [0.15, 0.2) is 14.4 Å². The highest BCUT2D eigenvalue weighted by Gasteiger charge is 2.18. The maximum Gasteiger partial charge on any atom is 0.337 e. The van der Waals surface area contributed by atoms with E-state index in [0.717, 1.165) is 0 Å². The Bertz CT molecular complexity index is 648. The van der Waals surface area contributed by atoms with Gasteiger partial charge in [0.2, 0.25) is 17.7 Å². The number of rotatable bonds is 6. The smallest absolute Gasteiger partial charge is 0.337 e. The van der Waals surface area contributed by atoms with Crippen molar-refractivity contribution in [2.24, 2.45) is 17.2 Å². The van der Waals surface area contributed by atoms with E-state index in [4.69, 9.17) is 17.2 Å². The summed E-state index contributed by atoms with van der Waals surface area (Å²) < 4.78 is 0.904. The van der Waals surface area contributed by atoms with Crippen LogP contribution in [0.25, 0.3) is 0 Å². The second-order valence-corrected chi connectivity index (χ2v) is 4.01. The standard InChI is InChI=1S/C9H12N6O6/c10-4(16)1-13-7(19)14(2-5(11)17)9(21)15(8(13)20)3-6(12)18/h1-3H2,(H2,10,16)(H2,11,17)(H2,12,18). The maximum atomic E-state index is 11.9. The third-order valence-electron chi connectivity index (χ3n) is 2.33. The van der Waals surface area contributed by atoms with E-state index in [9.17, 15) is 28.8 Å². The highest BCUT2D eigenvalue weighted by molar-refractivity contribution is 5.74. The van der Waals surface area contributed by atoms with Crippen LogP contribution in [0.1, 0.15) is 0 Å². The van der Waals surface area contributed by atoms with Crippen molar-refractivity contribution in [2.45, 2.75) is 19.6 Å². The number of nitrogens with two attached hydrogens (primary N) is 3. The Morgan fingerprint density at radius 1 is 0.619 bits per heavy atom. The Balaban J connectivity index is 3.73. The monoisotopic (exact) mass is 300 g/mol. The number of hydrogen-bond acceptors (Lipinski definition) is 6. The Labute approximate surface area is 115 Å². The fraction of sp³-hybridized carbons (Fsp3) is 0.333. The van der Waals surface area contributed by atoms with Crippen molar-refractivity contribution in [2.75, 3.05) is 0 Å². The van der Waals surface area contributed by atoms with Crippen LogP contribution < -0.4 is 34.3 Å². The number of hydrogen-bond donors (Lipinski definition) is 3. The van der Waals surface area contributed by atoms with Crippen LogP contribution in [0.5, 0.6) is 0 Å². The van der Waals surface area contributed by atoms with Crippen LogP contribution in [0.2, 0.25) is 0 Å². The van der Waals surface area contributed by atoms with Gasteiger partial charge in [0, 0.05) is 0 Å². The summed E-state index contributed by atoms with van der Waals surface area (Å²) in [5, 5.41) is 0. The van der Waals surface area contributed by atoms with Gasteiger partial charge >= 0.3 is 17.1 Å². The third-order valence-corrected chi connectivity index (χ3v) is 2.33. The molecule has 12 nitrogen and oxygen atoms in total.